The predicted molar refractivity (Wildman–Crippen MR) is 89.3 cm³/mol. The monoisotopic (exact) mass is 360 g/mol. The molecule has 1 atom stereocenters. The van der Waals surface area contributed by atoms with Crippen molar-refractivity contribution in [2.24, 2.45) is 11.7 Å². The van der Waals surface area contributed by atoms with E-state index >= 15 is 0 Å². The summed E-state index contributed by atoms with van der Waals surface area (Å²) < 4.78 is 10.4. The van der Waals surface area contributed by atoms with Crippen molar-refractivity contribution in [1.29, 1.82) is 0 Å². The van der Waals surface area contributed by atoms with Crippen molar-refractivity contribution in [2.45, 2.75) is 26.3 Å². The van der Waals surface area contributed by atoms with Gasteiger partial charge in [-0.25, -0.2) is 0 Å². The van der Waals surface area contributed by atoms with Gasteiger partial charge in [-0.1, -0.05) is 13.8 Å². The molecule has 0 spiro atoms. The largest absolute Gasteiger partial charge is 0.379 e. The number of hydrogen-bond donors (Lipinski definition) is 4. The normalized spacial score (nSPS) is 11.6. The summed E-state index contributed by atoms with van der Waals surface area (Å²) in [5.74, 6) is -1.58. The van der Waals surface area contributed by atoms with E-state index in [1.54, 1.807) is 13.8 Å². The second-order valence-electron chi connectivity index (χ2n) is 5.52. The summed E-state index contributed by atoms with van der Waals surface area (Å²) in [6.45, 7) is 4.98. The predicted octanol–water partition coefficient (Wildman–Crippen LogP) is -2.10. The van der Waals surface area contributed by atoms with Crippen LogP contribution in [0.2, 0.25) is 0 Å². The summed E-state index contributed by atoms with van der Waals surface area (Å²) in [5.41, 5.74) is 5.19. The molecule has 4 amide bonds. The summed E-state index contributed by atoms with van der Waals surface area (Å²) in [6.07, 6.45) is 0.693. The third kappa shape index (κ3) is 12.8. The molecule has 10 heteroatoms. The lowest BCUT2D eigenvalue weighted by molar-refractivity contribution is -0.129. The molecule has 0 aromatic heterocycles. The number of primary amides is 1. The molecule has 5 N–H and O–H groups in total. The first-order valence-electron chi connectivity index (χ1n) is 8.06. The van der Waals surface area contributed by atoms with Crippen LogP contribution in [0.5, 0.6) is 0 Å². The minimum absolute atomic E-state index is 0.101. The molecule has 10 nitrogen and oxygen atoms in total. The van der Waals surface area contributed by atoms with E-state index in [4.69, 9.17) is 15.2 Å². The number of amides is 4. The number of nitrogens with one attached hydrogen (secondary N) is 3. The van der Waals surface area contributed by atoms with E-state index in [1.165, 1.54) is 0 Å². The fraction of sp³-hybridized carbons (Fsp3) is 0.733. The highest BCUT2D eigenvalue weighted by Gasteiger charge is 2.21. The Balaban J connectivity index is 3.68. The van der Waals surface area contributed by atoms with Crippen molar-refractivity contribution >= 4 is 24.1 Å². The van der Waals surface area contributed by atoms with Crippen molar-refractivity contribution in [2.75, 3.05) is 39.5 Å². The molecule has 0 aliphatic heterocycles. The summed E-state index contributed by atoms with van der Waals surface area (Å²) >= 11 is 0. The highest BCUT2D eigenvalue weighted by molar-refractivity contribution is 5.89. The van der Waals surface area contributed by atoms with Gasteiger partial charge in [-0.05, 0) is 5.92 Å². The van der Waals surface area contributed by atoms with Gasteiger partial charge < -0.3 is 31.2 Å². The highest BCUT2D eigenvalue weighted by atomic mass is 16.5. The molecule has 0 aliphatic rings. The molecular formula is C15H28N4O6. The van der Waals surface area contributed by atoms with Crippen LogP contribution in [0.15, 0.2) is 0 Å². The molecule has 0 radical (unpaired) electrons. The molecule has 0 saturated heterocycles. The van der Waals surface area contributed by atoms with Crippen LogP contribution in [0.3, 0.4) is 0 Å². The van der Waals surface area contributed by atoms with Gasteiger partial charge >= 0.3 is 0 Å². The van der Waals surface area contributed by atoms with E-state index in [9.17, 15) is 19.2 Å². The number of rotatable bonds is 15. The summed E-state index contributed by atoms with van der Waals surface area (Å²) in [6, 6.07) is -0.769. The lowest BCUT2D eigenvalue weighted by Crippen LogP contribution is -2.50. The maximum atomic E-state index is 11.7. The van der Waals surface area contributed by atoms with Gasteiger partial charge in [-0.15, -0.1) is 0 Å². The topological polar surface area (TPSA) is 149 Å². The van der Waals surface area contributed by atoms with Gasteiger partial charge in [0.1, 0.15) is 6.04 Å². The number of ether oxygens (including phenoxy) is 2. The quantitative estimate of drug-likeness (QED) is 0.194. The Kier molecular flexibility index (Phi) is 12.9. The van der Waals surface area contributed by atoms with E-state index in [1.807, 2.05) is 0 Å². The van der Waals surface area contributed by atoms with Crippen molar-refractivity contribution < 1.29 is 28.7 Å². The Morgan fingerprint density at radius 3 is 2.24 bits per heavy atom. The van der Waals surface area contributed by atoms with Gasteiger partial charge in [0.15, 0.2) is 0 Å². The van der Waals surface area contributed by atoms with E-state index in [0.717, 1.165) is 0 Å². The van der Waals surface area contributed by atoms with Crippen molar-refractivity contribution in [3.63, 3.8) is 0 Å². The fourth-order valence-electron chi connectivity index (χ4n) is 1.73. The third-order valence-corrected chi connectivity index (χ3v) is 3.06. The summed E-state index contributed by atoms with van der Waals surface area (Å²) in [5, 5.41) is 7.36. The maximum absolute atomic E-state index is 11.7. The van der Waals surface area contributed by atoms with Crippen LogP contribution in [0, 0.1) is 5.92 Å². The Bertz CT molecular complexity index is 430. The van der Waals surface area contributed by atoms with Crippen LogP contribution in [0.4, 0.5) is 0 Å². The molecule has 0 heterocycles. The Hall–Kier alpha value is -2.20. The maximum Gasteiger partial charge on any atom is 0.240 e. The molecule has 0 rings (SSSR count). The first kappa shape index (κ1) is 22.8. The van der Waals surface area contributed by atoms with Crippen LogP contribution in [0.25, 0.3) is 0 Å². The molecule has 1 unspecified atom stereocenters. The Labute approximate surface area is 147 Å². The van der Waals surface area contributed by atoms with Crippen molar-refractivity contribution in [3.05, 3.63) is 0 Å². The van der Waals surface area contributed by atoms with Crippen molar-refractivity contribution in [3.8, 4) is 0 Å². The Morgan fingerprint density at radius 2 is 1.68 bits per heavy atom. The van der Waals surface area contributed by atoms with Crippen LogP contribution in [-0.4, -0.2) is 69.7 Å². The smallest absolute Gasteiger partial charge is 0.240 e. The number of hydrogen-bond acceptors (Lipinski definition) is 6. The van der Waals surface area contributed by atoms with E-state index in [0.29, 0.717) is 32.8 Å². The van der Waals surface area contributed by atoms with Gasteiger partial charge in [0.2, 0.25) is 24.1 Å². The molecule has 0 fully saturated rings. The highest BCUT2D eigenvalue weighted by Crippen LogP contribution is 2.00. The van der Waals surface area contributed by atoms with Gasteiger partial charge in [0.05, 0.1) is 33.0 Å². The molecule has 25 heavy (non-hydrogen) atoms. The molecule has 0 aliphatic carbocycles. The average Bonchev–Trinajstić information content (AvgIpc) is 2.55. The first-order valence-corrected chi connectivity index (χ1v) is 8.06. The molecular weight excluding hydrogens is 332 g/mol. The Morgan fingerprint density at radius 1 is 1.04 bits per heavy atom. The number of carbonyl (C=O) groups is 4. The lowest BCUT2D eigenvalue weighted by atomic mass is 10.0. The summed E-state index contributed by atoms with van der Waals surface area (Å²) in [4.78, 5) is 44.4. The van der Waals surface area contributed by atoms with Crippen LogP contribution in [-0.2, 0) is 28.7 Å². The molecule has 0 aromatic rings. The van der Waals surface area contributed by atoms with Crippen molar-refractivity contribution in [1.82, 2.24) is 16.0 Å². The zero-order valence-corrected chi connectivity index (χ0v) is 14.7. The zero-order valence-electron chi connectivity index (χ0n) is 14.7. The first-order chi connectivity index (χ1) is 11.9. The van der Waals surface area contributed by atoms with Gasteiger partial charge in [0.25, 0.3) is 0 Å². The minimum atomic E-state index is -0.769. The zero-order chi connectivity index (χ0) is 19.1. The molecule has 144 valence electrons. The second-order valence-corrected chi connectivity index (χ2v) is 5.52. The average molecular weight is 360 g/mol. The third-order valence-electron chi connectivity index (χ3n) is 3.06. The lowest BCUT2D eigenvalue weighted by Gasteiger charge is -2.18. The van der Waals surface area contributed by atoms with Crippen LogP contribution < -0.4 is 21.7 Å². The SMILES string of the molecule is CC(C)C(NC(=O)CNC(=O)CCOCCOCCNC=O)C(N)=O. The number of carbonyl (C=O) groups excluding carboxylic acids is 4. The van der Waals surface area contributed by atoms with E-state index in [2.05, 4.69) is 16.0 Å². The van der Waals surface area contributed by atoms with Crippen LogP contribution >= 0.6 is 0 Å². The molecule has 0 aromatic carbocycles. The fourth-order valence-corrected chi connectivity index (χ4v) is 1.73. The second kappa shape index (κ2) is 14.2. The molecule has 0 bridgehead atoms. The van der Waals surface area contributed by atoms with Gasteiger partial charge in [-0.3, -0.25) is 19.2 Å². The minimum Gasteiger partial charge on any atom is -0.379 e. The van der Waals surface area contributed by atoms with Crippen LogP contribution in [0.1, 0.15) is 20.3 Å². The van der Waals surface area contributed by atoms with Gasteiger partial charge in [0, 0.05) is 13.0 Å². The summed E-state index contributed by atoms with van der Waals surface area (Å²) in [7, 11) is 0. The molecule has 0 saturated carbocycles. The standard InChI is InChI=1S/C15H28N4O6/c1-11(2)14(15(16)23)19-13(22)9-18-12(21)3-5-24-7-8-25-6-4-17-10-20/h10-11,14H,3-9H2,1-2H3,(H2,16,23)(H,17,20)(H,18,21)(H,19,22). The van der Waals surface area contributed by atoms with E-state index in [-0.39, 0.29) is 31.4 Å². The van der Waals surface area contributed by atoms with Gasteiger partial charge in [-0.2, -0.15) is 0 Å². The van der Waals surface area contributed by atoms with E-state index < -0.39 is 17.9 Å². The number of nitrogens with two attached hydrogens (primary N) is 1.